The van der Waals surface area contributed by atoms with Crippen molar-refractivity contribution in [1.82, 2.24) is 24.8 Å². The summed E-state index contributed by atoms with van der Waals surface area (Å²) in [7, 11) is 0. The second kappa shape index (κ2) is 6.03. The molecule has 1 N–H and O–H groups in total. The number of likely N-dealkylation sites (tertiary alicyclic amines) is 1. The Bertz CT molecular complexity index is 593. The zero-order chi connectivity index (χ0) is 14.7. The maximum absolute atomic E-state index is 11.7. The smallest absolute Gasteiger partial charge is 0.222 e. The van der Waals surface area contributed by atoms with Gasteiger partial charge in [-0.1, -0.05) is 6.92 Å². The van der Waals surface area contributed by atoms with Crippen LogP contribution in [0.3, 0.4) is 0 Å². The fourth-order valence-electron chi connectivity index (χ4n) is 2.73. The molecule has 1 unspecified atom stereocenters. The van der Waals surface area contributed by atoms with Crippen molar-refractivity contribution >= 4 is 5.91 Å². The Labute approximate surface area is 123 Å². The first-order valence-electron chi connectivity index (χ1n) is 7.34. The molecule has 2 aromatic heterocycles. The van der Waals surface area contributed by atoms with E-state index in [1.54, 1.807) is 18.6 Å². The Kier molecular flexibility index (Phi) is 3.94. The number of H-pyrrole nitrogens is 1. The molecule has 110 valence electrons. The van der Waals surface area contributed by atoms with Gasteiger partial charge in [0.2, 0.25) is 5.91 Å². The first-order chi connectivity index (χ1) is 10.3. The second-order valence-electron chi connectivity index (χ2n) is 5.38. The predicted octanol–water partition coefficient (Wildman–Crippen LogP) is 1.67. The van der Waals surface area contributed by atoms with E-state index in [0.717, 1.165) is 43.1 Å². The summed E-state index contributed by atoms with van der Waals surface area (Å²) in [4.78, 5) is 29.7. The molecule has 6 heteroatoms. The van der Waals surface area contributed by atoms with E-state index in [4.69, 9.17) is 0 Å². The average Bonchev–Trinajstić information content (AvgIpc) is 3.18. The van der Waals surface area contributed by atoms with Crippen LogP contribution < -0.4 is 0 Å². The lowest BCUT2D eigenvalue weighted by atomic mass is 10.0. The SMILES string of the molecule is CCC(=O)N1CCC(Cc2cnc(-c3ncc[nH]3)cn2)C1. The number of aromatic amines is 1. The molecule has 1 aliphatic rings. The minimum atomic E-state index is 0.247. The summed E-state index contributed by atoms with van der Waals surface area (Å²) in [6.07, 6.45) is 9.53. The lowest BCUT2D eigenvalue weighted by Crippen LogP contribution is -2.28. The number of imidazole rings is 1. The van der Waals surface area contributed by atoms with Crippen LogP contribution in [0.25, 0.3) is 11.5 Å². The highest BCUT2D eigenvalue weighted by molar-refractivity contribution is 5.76. The van der Waals surface area contributed by atoms with Crippen molar-refractivity contribution in [3.8, 4) is 11.5 Å². The molecule has 1 fully saturated rings. The first kappa shape index (κ1) is 13.7. The number of hydrogen-bond acceptors (Lipinski definition) is 4. The first-order valence-corrected chi connectivity index (χ1v) is 7.34. The van der Waals surface area contributed by atoms with Gasteiger partial charge in [-0.05, 0) is 18.8 Å². The molecular formula is C15H19N5O. The number of aromatic nitrogens is 4. The predicted molar refractivity (Wildman–Crippen MR) is 78.3 cm³/mol. The monoisotopic (exact) mass is 285 g/mol. The van der Waals surface area contributed by atoms with Crippen molar-refractivity contribution in [2.24, 2.45) is 5.92 Å². The van der Waals surface area contributed by atoms with Gasteiger partial charge in [-0.3, -0.25) is 9.78 Å². The maximum Gasteiger partial charge on any atom is 0.222 e. The summed E-state index contributed by atoms with van der Waals surface area (Å²) in [5.41, 5.74) is 1.72. The highest BCUT2D eigenvalue weighted by Gasteiger charge is 2.25. The molecule has 1 amide bonds. The summed E-state index contributed by atoms with van der Waals surface area (Å²) in [6, 6.07) is 0. The van der Waals surface area contributed by atoms with Gasteiger partial charge in [0.15, 0.2) is 5.82 Å². The van der Waals surface area contributed by atoms with Crippen LogP contribution in [0.15, 0.2) is 24.8 Å². The van der Waals surface area contributed by atoms with E-state index in [9.17, 15) is 4.79 Å². The molecular weight excluding hydrogens is 266 g/mol. The molecule has 1 atom stereocenters. The van der Waals surface area contributed by atoms with Crippen molar-refractivity contribution in [2.75, 3.05) is 13.1 Å². The van der Waals surface area contributed by atoms with Gasteiger partial charge in [0, 0.05) is 38.1 Å². The van der Waals surface area contributed by atoms with Crippen LogP contribution in [0, 0.1) is 5.92 Å². The second-order valence-corrected chi connectivity index (χ2v) is 5.38. The molecule has 6 nitrogen and oxygen atoms in total. The number of hydrogen-bond donors (Lipinski definition) is 1. The Hall–Kier alpha value is -2.24. The van der Waals surface area contributed by atoms with E-state index >= 15 is 0 Å². The number of nitrogens with zero attached hydrogens (tertiary/aromatic N) is 4. The summed E-state index contributed by atoms with van der Waals surface area (Å²) in [5.74, 6) is 1.47. The van der Waals surface area contributed by atoms with Crippen LogP contribution in [0.5, 0.6) is 0 Å². The quantitative estimate of drug-likeness (QED) is 0.927. The van der Waals surface area contributed by atoms with Crippen LogP contribution in [0.1, 0.15) is 25.5 Å². The molecule has 0 spiro atoms. The van der Waals surface area contributed by atoms with Crippen molar-refractivity contribution < 1.29 is 4.79 Å². The molecule has 0 saturated carbocycles. The molecule has 0 radical (unpaired) electrons. The van der Waals surface area contributed by atoms with E-state index in [2.05, 4.69) is 19.9 Å². The number of amides is 1. The van der Waals surface area contributed by atoms with Gasteiger partial charge in [0.1, 0.15) is 5.69 Å². The number of carbonyl (C=O) groups excluding carboxylic acids is 1. The molecule has 2 aromatic rings. The van der Waals surface area contributed by atoms with Gasteiger partial charge in [-0.15, -0.1) is 0 Å². The molecule has 3 rings (SSSR count). The topological polar surface area (TPSA) is 74.8 Å². The lowest BCUT2D eigenvalue weighted by Gasteiger charge is -2.15. The lowest BCUT2D eigenvalue weighted by molar-refractivity contribution is -0.129. The summed E-state index contributed by atoms with van der Waals surface area (Å²) in [6.45, 7) is 3.62. The van der Waals surface area contributed by atoms with Gasteiger partial charge in [0.05, 0.1) is 11.9 Å². The van der Waals surface area contributed by atoms with Crippen molar-refractivity contribution in [3.05, 3.63) is 30.5 Å². The van der Waals surface area contributed by atoms with E-state index < -0.39 is 0 Å². The van der Waals surface area contributed by atoms with E-state index in [-0.39, 0.29) is 5.91 Å². The van der Waals surface area contributed by atoms with E-state index in [1.807, 2.05) is 18.0 Å². The Morgan fingerprint density at radius 3 is 2.95 bits per heavy atom. The minimum Gasteiger partial charge on any atom is -0.343 e. The average molecular weight is 285 g/mol. The third kappa shape index (κ3) is 3.09. The summed E-state index contributed by atoms with van der Waals surface area (Å²) >= 11 is 0. The van der Waals surface area contributed by atoms with Crippen LogP contribution in [0.4, 0.5) is 0 Å². The molecule has 0 aliphatic carbocycles. The molecule has 21 heavy (non-hydrogen) atoms. The maximum atomic E-state index is 11.7. The number of rotatable bonds is 4. The molecule has 3 heterocycles. The van der Waals surface area contributed by atoms with Crippen LogP contribution >= 0.6 is 0 Å². The summed E-state index contributed by atoms with van der Waals surface area (Å²) in [5, 5.41) is 0. The van der Waals surface area contributed by atoms with Gasteiger partial charge in [-0.2, -0.15) is 0 Å². The van der Waals surface area contributed by atoms with Gasteiger partial charge < -0.3 is 9.88 Å². The highest BCUT2D eigenvalue weighted by Crippen LogP contribution is 2.21. The molecule has 0 bridgehead atoms. The standard InChI is InChI=1S/C15H19N5O/c1-2-14(21)20-6-3-11(10-20)7-12-8-19-13(9-18-12)15-16-4-5-17-15/h4-5,8-9,11H,2-3,6-7,10H2,1H3,(H,16,17). The number of carbonyl (C=O) groups is 1. The fourth-order valence-corrected chi connectivity index (χ4v) is 2.73. The molecule has 1 saturated heterocycles. The molecule has 1 aliphatic heterocycles. The molecule has 0 aromatic carbocycles. The normalized spacial score (nSPS) is 18.1. The van der Waals surface area contributed by atoms with Crippen molar-refractivity contribution in [3.63, 3.8) is 0 Å². The summed E-state index contributed by atoms with van der Waals surface area (Å²) < 4.78 is 0. The van der Waals surface area contributed by atoms with Crippen molar-refractivity contribution in [1.29, 1.82) is 0 Å². The van der Waals surface area contributed by atoms with Gasteiger partial charge >= 0.3 is 0 Å². The van der Waals surface area contributed by atoms with Crippen molar-refractivity contribution in [2.45, 2.75) is 26.2 Å². The van der Waals surface area contributed by atoms with E-state index in [0.29, 0.717) is 12.3 Å². The van der Waals surface area contributed by atoms with Crippen LogP contribution in [0.2, 0.25) is 0 Å². The zero-order valence-electron chi connectivity index (χ0n) is 12.1. The Morgan fingerprint density at radius 2 is 2.29 bits per heavy atom. The number of nitrogens with one attached hydrogen (secondary N) is 1. The van der Waals surface area contributed by atoms with Crippen LogP contribution in [-0.4, -0.2) is 43.8 Å². The van der Waals surface area contributed by atoms with E-state index in [1.165, 1.54) is 0 Å². The third-order valence-electron chi connectivity index (χ3n) is 3.88. The zero-order valence-corrected chi connectivity index (χ0v) is 12.1. The van der Waals surface area contributed by atoms with Gasteiger partial charge in [0.25, 0.3) is 0 Å². The third-order valence-corrected chi connectivity index (χ3v) is 3.88. The minimum absolute atomic E-state index is 0.247. The van der Waals surface area contributed by atoms with Gasteiger partial charge in [-0.25, -0.2) is 9.97 Å². The largest absolute Gasteiger partial charge is 0.343 e. The fraction of sp³-hybridized carbons (Fsp3) is 0.467. The highest BCUT2D eigenvalue weighted by atomic mass is 16.2. The Balaban J connectivity index is 1.60. The van der Waals surface area contributed by atoms with Crippen LogP contribution in [-0.2, 0) is 11.2 Å². The Morgan fingerprint density at radius 1 is 1.38 bits per heavy atom.